The van der Waals surface area contributed by atoms with E-state index in [1.165, 1.54) is 4.90 Å². The minimum atomic E-state index is -0.638. The van der Waals surface area contributed by atoms with Crippen molar-refractivity contribution in [2.75, 3.05) is 24.5 Å². The SMILES string of the molecule is O=C1CN(c2ncnc(Cl)c2[N+](=O)[O-])CCCN1. The molecule has 0 saturated carbocycles. The quantitative estimate of drug-likeness (QED) is 0.473. The standard InChI is InChI=1S/C9H10ClN5O3/c10-8-7(15(17)18)9(13-5-12-8)14-3-1-2-11-6(16)4-14/h5H,1-4H2,(H,11,16). The number of hydrogen-bond acceptors (Lipinski definition) is 6. The molecule has 0 radical (unpaired) electrons. The third-order valence-electron chi connectivity index (χ3n) is 2.50. The third kappa shape index (κ3) is 2.48. The van der Waals surface area contributed by atoms with E-state index in [-0.39, 0.29) is 29.1 Å². The monoisotopic (exact) mass is 271 g/mol. The molecule has 1 aliphatic rings. The molecule has 0 unspecified atom stereocenters. The van der Waals surface area contributed by atoms with Crippen LogP contribution in [-0.2, 0) is 4.79 Å². The van der Waals surface area contributed by atoms with E-state index in [1.54, 1.807) is 0 Å². The Labute approximate surface area is 107 Å². The first-order valence-electron chi connectivity index (χ1n) is 5.26. The van der Waals surface area contributed by atoms with Crippen molar-refractivity contribution in [3.63, 3.8) is 0 Å². The van der Waals surface area contributed by atoms with Crippen LogP contribution in [0.15, 0.2) is 6.33 Å². The van der Waals surface area contributed by atoms with Crippen LogP contribution in [0, 0.1) is 10.1 Å². The zero-order valence-electron chi connectivity index (χ0n) is 9.30. The van der Waals surface area contributed by atoms with E-state index in [9.17, 15) is 14.9 Å². The summed E-state index contributed by atoms with van der Waals surface area (Å²) in [5, 5.41) is 13.4. The first-order chi connectivity index (χ1) is 8.59. The summed E-state index contributed by atoms with van der Waals surface area (Å²) in [7, 11) is 0. The van der Waals surface area contributed by atoms with Crippen molar-refractivity contribution in [2.45, 2.75) is 6.42 Å². The van der Waals surface area contributed by atoms with E-state index in [0.29, 0.717) is 19.5 Å². The zero-order chi connectivity index (χ0) is 13.1. The average Bonchev–Trinajstić information content (AvgIpc) is 2.53. The lowest BCUT2D eigenvalue weighted by atomic mass is 10.3. The van der Waals surface area contributed by atoms with Crippen LogP contribution in [-0.4, -0.2) is 40.4 Å². The van der Waals surface area contributed by atoms with Gasteiger partial charge in [0.2, 0.25) is 16.9 Å². The Bertz CT molecular complexity index is 495. The molecule has 18 heavy (non-hydrogen) atoms. The highest BCUT2D eigenvalue weighted by Gasteiger charge is 2.27. The van der Waals surface area contributed by atoms with Crippen LogP contribution < -0.4 is 10.2 Å². The lowest BCUT2D eigenvalue weighted by Gasteiger charge is -2.19. The number of nitrogens with one attached hydrogen (secondary N) is 1. The summed E-state index contributed by atoms with van der Waals surface area (Å²) < 4.78 is 0. The van der Waals surface area contributed by atoms with Gasteiger partial charge in [0.1, 0.15) is 6.33 Å². The highest BCUT2D eigenvalue weighted by atomic mass is 35.5. The molecule has 9 heteroatoms. The van der Waals surface area contributed by atoms with Gasteiger partial charge in [0.05, 0.1) is 11.5 Å². The van der Waals surface area contributed by atoms with Gasteiger partial charge in [-0.15, -0.1) is 0 Å². The minimum absolute atomic E-state index is 0.0220. The van der Waals surface area contributed by atoms with Gasteiger partial charge in [-0.3, -0.25) is 14.9 Å². The van der Waals surface area contributed by atoms with E-state index < -0.39 is 4.92 Å². The molecule has 1 aliphatic heterocycles. The molecule has 96 valence electrons. The number of hydrogen-bond donors (Lipinski definition) is 1. The van der Waals surface area contributed by atoms with Gasteiger partial charge in [-0.1, -0.05) is 11.6 Å². The predicted octanol–water partition coefficient (Wildman–Crippen LogP) is 0.364. The van der Waals surface area contributed by atoms with Gasteiger partial charge >= 0.3 is 5.69 Å². The van der Waals surface area contributed by atoms with Crippen molar-refractivity contribution in [2.24, 2.45) is 0 Å². The maximum atomic E-state index is 11.4. The molecule has 0 spiro atoms. The summed E-state index contributed by atoms with van der Waals surface area (Å²) in [5.41, 5.74) is -0.367. The van der Waals surface area contributed by atoms with Gasteiger partial charge in [-0.2, -0.15) is 0 Å². The van der Waals surface area contributed by atoms with Gasteiger partial charge in [-0.25, -0.2) is 9.97 Å². The second-order valence-corrected chi connectivity index (χ2v) is 4.08. The molecule has 1 N–H and O–H groups in total. The lowest BCUT2D eigenvalue weighted by molar-refractivity contribution is -0.384. The molecule has 1 amide bonds. The van der Waals surface area contributed by atoms with Gasteiger partial charge in [0.15, 0.2) is 0 Å². The molecule has 2 rings (SSSR count). The Morgan fingerprint density at radius 1 is 1.50 bits per heavy atom. The molecular formula is C9H10ClN5O3. The maximum absolute atomic E-state index is 11.4. The van der Waals surface area contributed by atoms with Crippen LogP contribution in [0.4, 0.5) is 11.5 Å². The molecule has 1 saturated heterocycles. The Hall–Kier alpha value is -1.96. The molecule has 0 aliphatic carbocycles. The van der Waals surface area contributed by atoms with E-state index in [0.717, 1.165) is 6.33 Å². The number of carbonyl (C=O) groups is 1. The van der Waals surface area contributed by atoms with Crippen LogP contribution in [0.5, 0.6) is 0 Å². The highest BCUT2D eigenvalue weighted by Crippen LogP contribution is 2.31. The van der Waals surface area contributed by atoms with Gasteiger partial charge < -0.3 is 10.2 Å². The minimum Gasteiger partial charge on any atom is -0.354 e. The highest BCUT2D eigenvalue weighted by molar-refractivity contribution is 6.31. The number of amides is 1. The van der Waals surface area contributed by atoms with Gasteiger partial charge in [0, 0.05) is 13.1 Å². The smallest absolute Gasteiger partial charge is 0.348 e. The summed E-state index contributed by atoms with van der Waals surface area (Å²) in [6.45, 7) is 1.06. The number of halogens is 1. The number of rotatable bonds is 2. The number of carbonyl (C=O) groups excluding carboxylic acids is 1. The maximum Gasteiger partial charge on any atom is 0.348 e. The topological polar surface area (TPSA) is 101 Å². The largest absolute Gasteiger partial charge is 0.354 e. The van der Waals surface area contributed by atoms with E-state index in [2.05, 4.69) is 15.3 Å². The van der Waals surface area contributed by atoms with Crippen molar-refractivity contribution < 1.29 is 9.72 Å². The zero-order valence-corrected chi connectivity index (χ0v) is 10.1. The Balaban J connectivity index is 2.40. The second-order valence-electron chi connectivity index (χ2n) is 3.72. The fourth-order valence-corrected chi connectivity index (χ4v) is 1.92. The fraction of sp³-hybridized carbons (Fsp3) is 0.444. The number of nitrogens with zero attached hydrogens (tertiary/aromatic N) is 4. The van der Waals surface area contributed by atoms with Crippen LogP contribution in [0.1, 0.15) is 6.42 Å². The van der Waals surface area contributed by atoms with E-state index >= 15 is 0 Å². The summed E-state index contributed by atoms with van der Waals surface area (Å²) in [4.78, 5) is 30.8. The molecule has 1 fully saturated rings. The van der Waals surface area contributed by atoms with Crippen molar-refractivity contribution in [1.82, 2.24) is 15.3 Å². The first kappa shape index (κ1) is 12.5. The van der Waals surface area contributed by atoms with Crippen LogP contribution in [0.2, 0.25) is 5.15 Å². The van der Waals surface area contributed by atoms with Gasteiger partial charge in [-0.05, 0) is 6.42 Å². The van der Waals surface area contributed by atoms with Crippen molar-refractivity contribution >= 4 is 29.0 Å². The summed E-state index contributed by atoms with van der Waals surface area (Å²) in [6.07, 6.45) is 1.83. The van der Waals surface area contributed by atoms with E-state index in [4.69, 9.17) is 11.6 Å². The Kier molecular flexibility index (Phi) is 3.56. The molecule has 8 nitrogen and oxygen atoms in total. The molecule has 0 atom stereocenters. The van der Waals surface area contributed by atoms with Crippen LogP contribution in [0.25, 0.3) is 0 Å². The van der Waals surface area contributed by atoms with Crippen molar-refractivity contribution in [1.29, 1.82) is 0 Å². The molecule has 2 heterocycles. The predicted molar refractivity (Wildman–Crippen MR) is 63.5 cm³/mol. The molecule has 1 aromatic heterocycles. The lowest BCUT2D eigenvalue weighted by Crippen LogP contribution is -2.34. The summed E-state index contributed by atoms with van der Waals surface area (Å²) in [6, 6.07) is 0. The average molecular weight is 272 g/mol. The third-order valence-corrected chi connectivity index (χ3v) is 2.78. The van der Waals surface area contributed by atoms with Crippen molar-refractivity contribution in [3.8, 4) is 0 Å². The molecule has 0 bridgehead atoms. The number of nitro groups is 1. The summed E-state index contributed by atoms with van der Waals surface area (Å²) in [5.74, 6) is -0.117. The number of anilines is 1. The first-order valence-corrected chi connectivity index (χ1v) is 5.64. The van der Waals surface area contributed by atoms with Crippen molar-refractivity contribution in [3.05, 3.63) is 21.6 Å². The Morgan fingerprint density at radius 2 is 2.28 bits per heavy atom. The molecular weight excluding hydrogens is 262 g/mol. The normalized spacial score (nSPS) is 16.1. The van der Waals surface area contributed by atoms with Crippen LogP contribution >= 0.6 is 11.6 Å². The van der Waals surface area contributed by atoms with E-state index in [1.807, 2.05) is 0 Å². The summed E-state index contributed by atoms with van der Waals surface area (Å²) >= 11 is 5.70. The van der Waals surface area contributed by atoms with Crippen LogP contribution in [0.3, 0.4) is 0 Å². The molecule has 0 aromatic carbocycles. The number of aromatic nitrogens is 2. The van der Waals surface area contributed by atoms with Gasteiger partial charge in [0.25, 0.3) is 0 Å². The second kappa shape index (κ2) is 5.13. The fourth-order valence-electron chi connectivity index (χ4n) is 1.72. The molecule has 1 aromatic rings. The Morgan fingerprint density at radius 3 is 3.00 bits per heavy atom.